The Hall–Kier alpha value is -1.97. The van der Waals surface area contributed by atoms with Crippen molar-refractivity contribution in [1.29, 1.82) is 0 Å². The highest BCUT2D eigenvalue weighted by Gasteiger charge is 2.16. The molecule has 0 unspecified atom stereocenters. The van der Waals surface area contributed by atoms with Gasteiger partial charge in [-0.3, -0.25) is 4.79 Å². The Kier molecular flexibility index (Phi) is 3.87. The number of allylic oxidation sites excluding steroid dienone is 2. The molecule has 0 atom stereocenters. The first kappa shape index (κ1) is 12.5. The minimum absolute atomic E-state index is 0.0365. The van der Waals surface area contributed by atoms with Gasteiger partial charge in [0.25, 0.3) is 5.91 Å². The molecular formula is C14H18N2O2. The summed E-state index contributed by atoms with van der Waals surface area (Å²) in [7, 11) is 1.79. The van der Waals surface area contributed by atoms with E-state index in [1.807, 2.05) is 0 Å². The van der Waals surface area contributed by atoms with E-state index in [4.69, 9.17) is 10.5 Å². The van der Waals surface area contributed by atoms with Crippen molar-refractivity contribution < 1.29 is 9.53 Å². The summed E-state index contributed by atoms with van der Waals surface area (Å²) in [6.07, 6.45) is 5.27. The summed E-state index contributed by atoms with van der Waals surface area (Å²) in [5.41, 5.74) is 7.36. The number of nitrogen functional groups attached to an aromatic ring is 1. The van der Waals surface area contributed by atoms with Crippen molar-refractivity contribution in [3.05, 3.63) is 36.0 Å². The fraction of sp³-hybridized carbons (Fsp3) is 0.357. The molecular weight excluding hydrogens is 228 g/mol. The zero-order chi connectivity index (χ0) is 13.0. The molecule has 1 aromatic carbocycles. The zero-order valence-corrected chi connectivity index (χ0v) is 10.6. The number of likely N-dealkylation sites (N-methyl/N-ethyl adjacent to an activating group) is 1. The molecule has 1 amide bonds. The van der Waals surface area contributed by atoms with Gasteiger partial charge in [-0.05, 0) is 31.4 Å². The highest BCUT2D eigenvalue weighted by Crippen LogP contribution is 2.20. The van der Waals surface area contributed by atoms with Gasteiger partial charge in [0.2, 0.25) is 0 Å². The molecule has 0 saturated carbocycles. The number of carbonyl (C=O) groups is 1. The van der Waals surface area contributed by atoms with Gasteiger partial charge < -0.3 is 15.4 Å². The highest BCUT2D eigenvalue weighted by atomic mass is 16.5. The van der Waals surface area contributed by atoms with E-state index >= 15 is 0 Å². The van der Waals surface area contributed by atoms with E-state index in [0.717, 1.165) is 25.0 Å². The second-order valence-corrected chi connectivity index (χ2v) is 4.40. The molecule has 0 aromatic heterocycles. The minimum atomic E-state index is -0.0365. The molecule has 1 aromatic rings. The Morgan fingerprint density at radius 1 is 1.50 bits per heavy atom. The first-order chi connectivity index (χ1) is 8.66. The average Bonchev–Trinajstić information content (AvgIpc) is 2.89. The van der Waals surface area contributed by atoms with E-state index in [1.54, 1.807) is 36.2 Å². The lowest BCUT2D eigenvalue weighted by Crippen LogP contribution is -2.30. The van der Waals surface area contributed by atoms with Crippen LogP contribution in [0.1, 0.15) is 19.3 Å². The van der Waals surface area contributed by atoms with E-state index in [0.29, 0.717) is 11.4 Å². The Morgan fingerprint density at radius 2 is 2.33 bits per heavy atom. The molecule has 1 aliphatic carbocycles. The molecule has 0 aliphatic heterocycles. The summed E-state index contributed by atoms with van der Waals surface area (Å²) >= 11 is 0. The van der Waals surface area contributed by atoms with Crippen LogP contribution in [0.25, 0.3) is 0 Å². The van der Waals surface area contributed by atoms with Crippen LogP contribution in [0.2, 0.25) is 0 Å². The van der Waals surface area contributed by atoms with Crippen LogP contribution in [-0.4, -0.2) is 24.5 Å². The van der Waals surface area contributed by atoms with Crippen LogP contribution >= 0.6 is 0 Å². The number of anilines is 1. The number of hydrogen-bond donors (Lipinski definition) is 1. The second-order valence-electron chi connectivity index (χ2n) is 4.40. The van der Waals surface area contributed by atoms with Gasteiger partial charge in [-0.2, -0.15) is 0 Å². The van der Waals surface area contributed by atoms with Gasteiger partial charge in [0.05, 0.1) is 0 Å². The van der Waals surface area contributed by atoms with Gasteiger partial charge in [0.1, 0.15) is 5.75 Å². The van der Waals surface area contributed by atoms with E-state index in [9.17, 15) is 4.79 Å². The molecule has 18 heavy (non-hydrogen) atoms. The van der Waals surface area contributed by atoms with Crippen LogP contribution in [0, 0.1) is 0 Å². The van der Waals surface area contributed by atoms with Crippen LogP contribution in [-0.2, 0) is 4.79 Å². The van der Waals surface area contributed by atoms with Crippen molar-refractivity contribution >= 4 is 11.6 Å². The van der Waals surface area contributed by atoms with Gasteiger partial charge in [0.15, 0.2) is 6.61 Å². The lowest BCUT2D eigenvalue weighted by Gasteiger charge is -2.18. The van der Waals surface area contributed by atoms with Crippen molar-refractivity contribution in [2.75, 3.05) is 19.4 Å². The summed E-state index contributed by atoms with van der Waals surface area (Å²) in [6.45, 7) is 0.0390. The predicted octanol–water partition coefficient (Wildman–Crippen LogP) is 2.17. The van der Waals surface area contributed by atoms with Gasteiger partial charge in [-0.15, -0.1) is 0 Å². The molecule has 0 saturated heterocycles. The van der Waals surface area contributed by atoms with Gasteiger partial charge in [-0.1, -0.05) is 12.1 Å². The molecule has 0 spiro atoms. The van der Waals surface area contributed by atoms with Crippen molar-refractivity contribution in [2.24, 2.45) is 0 Å². The van der Waals surface area contributed by atoms with Gasteiger partial charge in [-0.25, -0.2) is 0 Å². The Morgan fingerprint density at radius 3 is 3.00 bits per heavy atom. The standard InChI is InChI=1S/C14H18N2O2/c1-16(12-6-2-3-7-12)14(17)10-18-13-8-4-5-11(15)9-13/h4-6,8-9H,2-3,7,10,15H2,1H3. The van der Waals surface area contributed by atoms with E-state index in [-0.39, 0.29) is 12.5 Å². The van der Waals surface area contributed by atoms with Crippen LogP contribution in [0.4, 0.5) is 5.69 Å². The molecule has 4 heteroatoms. The molecule has 0 heterocycles. The Bertz CT molecular complexity index is 469. The van der Waals surface area contributed by atoms with Crippen LogP contribution in [0.3, 0.4) is 0 Å². The SMILES string of the molecule is CN(C(=O)COc1cccc(N)c1)C1=CCCC1. The summed E-state index contributed by atoms with van der Waals surface area (Å²) < 4.78 is 5.43. The van der Waals surface area contributed by atoms with Crippen LogP contribution in [0.5, 0.6) is 5.75 Å². The molecule has 0 fully saturated rings. The van der Waals surface area contributed by atoms with Crippen LogP contribution in [0.15, 0.2) is 36.0 Å². The largest absolute Gasteiger partial charge is 0.484 e. The summed E-state index contributed by atoms with van der Waals surface area (Å²) in [6, 6.07) is 7.09. The Balaban J connectivity index is 1.88. The number of carbonyl (C=O) groups excluding carboxylic acids is 1. The Labute approximate surface area is 107 Å². The first-order valence-corrected chi connectivity index (χ1v) is 6.11. The first-order valence-electron chi connectivity index (χ1n) is 6.11. The number of rotatable bonds is 4. The maximum Gasteiger partial charge on any atom is 0.264 e. The van der Waals surface area contributed by atoms with E-state index in [2.05, 4.69) is 6.08 Å². The minimum Gasteiger partial charge on any atom is -0.484 e. The number of ether oxygens (including phenoxy) is 1. The second kappa shape index (κ2) is 5.58. The molecule has 2 N–H and O–H groups in total. The molecule has 4 nitrogen and oxygen atoms in total. The van der Waals surface area contributed by atoms with Gasteiger partial charge >= 0.3 is 0 Å². The van der Waals surface area contributed by atoms with Crippen molar-refractivity contribution in [1.82, 2.24) is 4.90 Å². The lowest BCUT2D eigenvalue weighted by atomic mass is 10.3. The van der Waals surface area contributed by atoms with Crippen molar-refractivity contribution in [2.45, 2.75) is 19.3 Å². The average molecular weight is 246 g/mol. The maximum atomic E-state index is 11.9. The fourth-order valence-corrected chi connectivity index (χ4v) is 1.96. The zero-order valence-electron chi connectivity index (χ0n) is 10.6. The molecule has 2 rings (SSSR count). The van der Waals surface area contributed by atoms with Crippen LogP contribution < -0.4 is 10.5 Å². The third kappa shape index (κ3) is 3.03. The lowest BCUT2D eigenvalue weighted by molar-refractivity contribution is -0.130. The number of amides is 1. The molecule has 1 aliphatic rings. The smallest absolute Gasteiger partial charge is 0.264 e. The number of nitrogens with two attached hydrogens (primary N) is 1. The van der Waals surface area contributed by atoms with E-state index in [1.165, 1.54) is 0 Å². The third-order valence-electron chi connectivity index (χ3n) is 3.04. The summed E-state index contributed by atoms with van der Waals surface area (Å²) in [4.78, 5) is 13.6. The number of benzene rings is 1. The van der Waals surface area contributed by atoms with Crippen molar-refractivity contribution in [3.8, 4) is 5.75 Å². The molecule has 0 bridgehead atoms. The number of hydrogen-bond acceptors (Lipinski definition) is 3. The normalized spacial score (nSPS) is 14.2. The summed E-state index contributed by atoms with van der Waals surface area (Å²) in [5.74, 6) is 0.586. The quantitative estimate of drug-likeness (QED) is 0.828. The topological polar surface area (TPSA) is 55.6 Å². The monoisotopic (exact) mass is 246 g/mol. The molecule has 96 valence electrons. The fourth-order valence-electron chi connectivity index (χ4n) is 1.96. The predicted molar refractivity (Wildman–Crippen MR) is 71.1 cm³/mol. The van der Waals surface area contributed by atoms with Crippen molar-refractivity contribution in [3.63, 3.8) is 0 Å². The highest BCUT2D eigenvalue weighted by molar-refractivity contribution is 5.79. The molecule has 0 radical (unpaired) electrons. The van der Waals surface area contributed by atoms with Gasteiger partial charge in [0, 0.05) is 24.5 Å². The van der Waals surface area contributed by atoms with E-state index < -0.39 is 0 Å². The third-order valence-corrected chi connectivity index (χ3v) is 3.04. The maximum absolute atomic E-state index is 11.9. The number of nitrogens with zero attached hydrogens (tertiary/aromatic N) is 1. The summed E-state index contributed by atoms with van der Waals surface area (Å²) in [5, 5.41) is 0.